The predicted octanol–water partition coefficient (Wildman–Crippen LogP) is 1.43. The lowest BCUT2D eigenvalue weighted by molar-refractivity contribution is -0.127. The van der Waals surface area contributed by atoms with Gasteiger partial charge in [-0.2, -0.15) is 0 Å². The van der Waals surface area contributed by atoms with Gasteiger partial charge >= 0.3 is 0 Å². The van der Waals surface area contributed by atoms with E-state index in [1.54, 1.807) is 0 Å². The Kier molecular flexibility index (Phi) is 4.44. The van der Waals surface area contributed by atoms with Gasteiger partial charge in [0.25, 0.3) is 0 Å². The third kappa shape index (κ3) is 3.23. The molecular weight excluding hydrogens is 228 g/mol. The maximum absolute atomic E-state index is 12.0. The zero-order chi connectivity index (χ0) is 14.1. The van der Waals surface area contributed by atoms with E-state index < -0.39 is 0 Å². The van der Waals surface area contributed by atoms with Crippen LogP contribution in [0.25, 0.3) is 0 Å². The average molecular weight is 256 g/mol. The second-order valence-corrected chi connectivity index (χ2v) is 6.74. The summed E-state index contributed by atoms with van der Waals surface area (Å²) in [5, 5.41) is 16.0. The highest BCUT2D eigenvalue weighted by Crippen LogP contribution is 2.40. The predicted molar refractivity (Wildman–Crippen MR) is 73.3 cm³/mol. The van der Waals surface area contributed by atoms with E-state index in [0.29, 0.717) is 0 Å². The largest absolute Gasteiger partial charge is 0.392 e. The van der Waals surface area contributed by atoms with Gasteiger partial charge in [0.1, 0.15) is 0 Å². The molecule has 0 aliphatic heterocycles. The van der Waals surface area contributed by atoms with Crippen molar-refractivity contribution in [1.82, 2.24) is 10.6 Å². The molecule has 4 heteroatoms. The number of hydrogen-bond donors (Lipinski definition) is 3. The summed E-state index contributed by atoms with van der Waals surface area (Å²) >= 11 is 0. The van der Waals surface area contributed by atoms with Crippen molar-refractivity contribution in [2.75, 3.05) is 0 Å². The lowest BCUT2D eigenvalue weighted by Crippen LogP contribution is -2.64. The number of hydrogen-bond acceptors (Lipinski definition) is 3. The van der Waals surface area contributed by atoms with Crippen molar-refractivity contribution in [3.05, 3.63) is 0 Å². The van der Waals surface area contributed by atoms with Gasteiger partial charge in [0, 0.05) is 17.0 Å². The molecule has 0 aromatic heterocycles. The fourth-order valence-corrected chi connectivity index (χ4v) is 2.09. The smallest absolute Gasteiger partial charge is 0.237 e. The van der Waals surface area contributed by atoms with E-state index in [9.17, 15) is 9.90 Å². The molecule has 1 saturated carbocycles. The Morgan fingerprint density at radius 2 is 2.06 bits per heavy atom. The average Bonchev–Trinajstić information content (AvgIpc) is 2.28. The molecule has 0 bridgehead atoms. The second-order valence-electron chi connectivity index (χ2n) is 6.74. The van der Waals surface area contributed by atoms with Crippen LogP contribution in [0.1, 0.15) is 54.4 Å². The maximum Gasteiger partial charge on any atom is 0.237 e. The minimum Gasteiger partial charge on any atom is -0.392 e. The SMILES string of the molecule is CCC(C)(C)NC(=O)C(C)NC1CC(O)C1(C)C. The summed E-state index contributed by atoms with van der Waals surface area (Å²) in [4.78, 5) is 12.0. The fraction of sp³-hybridized carbons (Fsp3) is 0.929. The van der Waals surface area contributed by atoms with Crippen molar-refractivity contribution in [2.45, 2.75) is 78.1 Å². The lowest BCUT2D eigenvalue weighted by Gasteiger charge is -2.50. The van der Waals surface area contributed by atoms with Crippen molar-refractivity contribution in [2.24, 2.45) is 5.41 Å². The molecule has 3 atom stereocenters. The van der Waals surface area contributed by atoms with Crippen LogP contribution in [0.15, 0.2) is 0 Å². The van der Waals surface area contributed by atoms with Gasteiger partial charge in [-0.05, 0) is 33.6 Å². The molecule has 0 spiro atoms. The second kappa shape index (κ2) is 5.17. The highest BCUT2D eigenvalue weighted by Gasteiger charge is 2.47. The molecule has 1 fully saturated rings. The third-order valence-electron chi connectivity index (χ3n) is 4.41. The lowest BCUT2D eigenvalue weighted by atomic mass is 9.64. The molecule has 3 N–H and O–H groups in total. The van der Waals surface area contributed by atoms with Crippen LogP contribution >= 0.6 is 0 Å². The van der Waals surface area contributed by atoms with E-state index in [1.807, 2.05) is 34.6 Å². The maximum atomic E-state index is 12.0. The zero-order valence-corrected chi connectivity index (χ0v) is 12.5. The summed E-state index contributed by atoms with van der Waals surface area (Å²) in [6.07, 6.45) is 1.36. The Labute approximate surface area is 111 Å². The molecule has 0 saturated heterocycles. The molecule has 1 aliphatic rings. The molecule has 3 unspecified atom stereocenters. The molecular formula is C14H28N2O2. The topological polar surface area (TPSA) is 61.4 Å². The Hall–Kier alpha value is -0.610. The molecule has 0 aromatic carbocycles. The number of rotatable bonds is 5. The van der Waals surface area contributed by atoms with Crippen LogP contribution in [-0.4, -0.2) is 34.7 Å². The molecule has 0 aromatic rings. The molecule has 0 heterocycles. The summed E-state index contributed by atoms with van der Waals surface area (Å²) < 4.78 is 0. The summed E-state index contributed by atoms with van der Waals surface area (Å²) in [5.74, 6) is 0.0269. The van der Waals surface area contributed by atoms with Gasteiger partial charge in [-0.3, -0.25) is 4.79 Å². The van der Waals surface area contributed by atoms with Crippen molar-refractivity contribution >= 4 is 5.91 Å². The summed E-state index contributed by atoms with van der Waals surface area (Å²) in [7, 11) is 0. The van der Waals surface area contributed by atoms with Gasteiger partial charge in [0.15, 0.2) is 0 Å². The molecule has 0 radical (unpaired) electrons. The first-order valence-electron chi connectivity index (χ1n) is 6.86. The monoisotopic (exact) mass is 256 g/mol. The van der Waals surface area contributed by atoms with Gasteiger partial charge in [0.05, 0.1) is 12.1 Å². The highest BCUT2D eigenvalue weighted by atomic mass is 16.3. The van der Waals surface area contributed by atoms with Crippen LogP contribution < -0.4 is 10.6 Å². The summed E-state index contributed by atoms with van der Waals surface area (Å²) in [6.45, 7) is 12.0. The van der Waals surface area contributed by atoms with Crippen LogP contribution in [0.4, 0.5) is 0 Å². The van der Waals surface area contributed by atoms with E-state index in [0.717, 1.165) is 12.8 Å². The Morgan fingerprint density at radius 3 is 2.44 bits per heavy atom. The molecule has 1 amide bonds. The Morgan fingerprint density at radius 1 is 1.50 bits per heavy atom. The minimum atomic E-state index is -0.266. The van der Waals surface area contributed by atoms with Gasteiger partial charge in [-0.1, -0.05) is 20.8 Å². The number of carbonyl (C=O) groups is 1. The number of amides is 1. The van der Waals surface area contributed by atoms with E-state index in [-0.39, 0.29) is 35.0 Å². The molecule has 106 valence electrons. The first-order chi connectivity index (χ1) is 8.10. The number of aliphatic hydroxyl groups excluding tert-OH is 1. The first kappa shape index (κ1) is 15.4. The zero-order valence-electron chi connectivity index (χ0n) is 12.5. The van der Waals surface area contributed by atoms with Crippen molar-refractivity contribution in [1.29, 1.82) is 0 Å². The van der Waals surface area contributed by atoms with Crippen molar-refractivity contribution in [3.8, 4) is 0 Å². The van der Waals surface area contributed by atoms with Crippen LogP contribution in [0.3, 0.4) is 0 Å². The molecule has 1 aliphatic carbocycles. The molecule has 4 nitrogen and oxygen atoms in total. The first-order valence-corrected chi connectivity index (χ1v) is 6.86. The Bertz CT molecular complexity index is 313. The van der Waals surface area contributed by atoms with Crippen LogP contribution in [-0.2, 0) is 4.79 Å². The van der Waals surface area contributed by atoms with Gasteiger partial charge in [-0.15, -0.1) is 0 Å². The van der Waals surface area contributed by atoms with E-state index >= 15 is 0 Å². The normalized spacial score (nSPS) is 28.4. The Balaban J connectivity index is 2.47. The molecule has 1 rings (SSSR count). The van der Waals surface area contributed by atoms with Gasteiger partial charge < -0.3 is 15.7 Å². The van der Waals surface area contributed by atoms with Crippen LogP contribution in [0, 0.1) is 5.41 Å². The minimum absolute atomic E-state index is 0.0269. The van der Waals surface area contributed by atoms with E-state index in [4.69, 9.17) is 0 Å². The fourth-order valence-electron chi connectivity index (χ4n) is 2.09. The van der Waals surface area contributed by atoms with Gasteiger partial charge in [-0.25, -0.2) is 0 Å². The summed E-state index contributed by atoms with van der Waals surface area (Å²) in [5.41, 5.74) is -0.309. The van der Waals surface area contributed by atoms with Crippen LogP contribution in [0.5, 0.6) is 0 Å². The van der Waals surface area contributed by atoms with Crippen molar-refractivity contribution in [3.63, 3.8) is 0 Å². The third-order valence-corrected chi connectivity index (χ3v) is 4.41. The molecule has 18 heavy (non-hydrogen) atoms. The highest BCUT2D eigenvalue weighted by molar-refractivity contribution is 5.82. The number of nitrogens with one attached hydrogen (secondary N) is 2. The van der Waals surface area contributed by atoms with Crippen molar-refractivity contribution < 1.29 is 9.90 Å². The number of carbonyl (C=O) groups excluding carboxylic acids is 1. The van der Waals surface area contributed by atoms with E-state index in [1.165, 1.54) is 0 Å². The standard InChI is InChI=1S/C14H28N2O2/c1-7-13(3,4)16-12(18)9(2)15-10-8-11(17)14(10,5)6/h9-11,15,17H,7-8H2,1-6H3,(H,16,18). The van der Waals surface area contributed by atoms with E-state index in [2.05, 4.69) is 17.6 Å². The van der Waals surface area contributed by atoms with Crippen LogP contribution in [0.2, 0.25) is 0 Å². The number of aliphatic hydroxyl groups is 1. The van der Waals surface area contributed by atoms with Gasteiger partial charge in [0.2, 0.25) is 5.91 Å². The summed E-state index contributed by atoms with van der Waals surface area (Å²) in [6, 6.07) is -0.0226. The quantitative estimate of drug-likeness (QED) is 0.697.